The van der Waals surface area contributed by atoms with Gasteiger partial charge in [0.25, 0.3) is 0 Å². The van der Waals surface area contributed by atoms with E-state index in [2.05, 4.69) is 22.5 Å². The van der Waals surface area contributed by atoms with Crippen LogP contribution < -0.4 is 14.8 Å². The number of hydrogen-bond acceptors (Lipinski definition) is 5. The van der Waals surface area contributed by atoms with Crippen molar-refractivity contribution in [2.45, 2.75) is 13.5 Å². The first-order valence-electron chi connectivity index (χ1n) is 8.87. The van der Waals surface area contributed by atoms with Crippen LogP contribution in [0.3, 0.4) is 0 Å². The summed E-state index contributed by atoms with van der Waals surface area (Å²) in [6, 6.07) is 11.6. The number of nitrogens with one attached hydrogen (secondary N) is 1. The molecule has 0 saturated carbocycles. The standard InChI is InChI=1S/C21H23N3O3S/c1-15-13-17(20-5-4-12-28-20)23-24(15)11-10-22-21(25)9-7-16-6-8-18(26-2)19(14-16)27-3/h4-9,12-14H,10-11H2,1-3H3,(H,22,25)/b9-7+. The molecule has 0 fully saturated rings. The summed E-state index contributed by atoms with van der Waals surface area (Å²) in [7, 11) is 3.17. The topological polar surface area (TPSA) is 65.4 Å². The minimum absolute atomic E-state index is 0.155. The lowest BCUT2D eigenvalue weighted by Crippen LogP contribution is -2.26. The minimum Gasteiger partial charge on any atom is -0.493 e. The van der Waals surface area contributed by atoms with Gasteiger partial charge in [0.1, 0.15) is 5.69 Å². The largest absolute Gasteiger partial charge is 0.493 e. The summed E-state index contributed by atoms with van der Waals surface area (Å²) in [5, 5.41) is 9.53. The molecule has 6 nitrogen and oxygen atoms in total. The summed E-state index contributed by atoms with van der Waals surface area (Å²) in [5.41, 5.74) is 2.89. The first kappa shape index (κ1) is 19.7. The number of methoxy groups -OCH3 is 2. The fourth-order valence-corrected chi connectivity index (χ4v) is 3.43. The first-order chi connectivity index (χ1) is 13.6. The van der Waals surface area contributed by atoms with Gasteiger partial charge >= 0.3 is 0 Å². The Kier molecular flexibility index (Phi) is 6.49. The maximum atomic E-state index is 12.1. The fourth-order valence-electron chi connectivity index (χ4n) is 2.75. The van der Waals surface area contributed by atoms with E-state index >= 15 is 0 Å². The zero-order valence-corrected chi connectivity index (χ0v) is 17.0. The van der Waals surface area contributed by atoms with Crippen molar-refractivity contribution in [2.24, 2.45) is 0 Å². The van der Waals surface area contributed by atoms with E-state index < -0.39 is 0 Å². The molecular weight excluding hydrogens is 374 g/mol. The highest BCUT2D eigenvalue weighted by Crippen LogP contribution is 2.28. The van der Waals surface area contributed by atoms with Gasteiger partial charge in [0.05, 0.1) is 25.6 Å². The van der Waals surface area contributed by atoms with Crippen LogP contribution in [0.4, 0.5) is 0 Å². The second-order valence-corrected chi connectivity index (χ2v) is 7.06. The highest BCUT2D eigenvalue weighted by Gasteiger charge is 2.07. The van der Waals surface area contributed by atoms with Gasteiger partial charge in [0.15, 0.2) is 11.5 Å². The number of amides is 1. The number of benzene rings is 1. The second-order valence-electron chi connectivity index (χ2n) is 6.11. The second kappa shape index (κ2) is 9.23. The minimum atomic E-state index is -0.155. The molecule has 1 aromatic carbocycles. The molecule has 0 bridgehead atoms. The van der Waals surface area contributed by atoms with Crippen LogP contribution in [0.5, 0.6) is 11.5 Å². The average Bonchev–Trinajstić information content (AvgIpc) is 3.36. The van der Waals surface area contributed by atoms with E-state index in [-0.39, 0.29) is 5.91 Å². The number of carbonyl (C=O) groups is 1. The Morgan fingerprint density at radius 3 is 2.75 bits per heavy atom. The molecule has 0 unspecified atom stereocenters. The Labute approximate surface area is 168 Å². The lowest BCUT2D eigenvalue weighted by Gasteiger charge is -2.07. The summed E-state index contributed by atoms with van der Waals surface area (Å²) < 4.78 is 12.4. The lowest BCUT2D eigenvalue weighted by molar-refractivity contribution is -0.116. The molecule has 3 aromatic rings. The third-order valence-corrected chi connectivity index (χ3v) is 5.10. The van der Waals surface area contributed by atoms with Crippen LogP contribution in [0.15, 0.2) is 47.9 Å². The summed E-state index contributed by atoms with van der Waals surface area (Å²) in [5.74, 6) is 1.12. The highest BCUT2D eigenvalue weighted by molar-refractivity contribution is 7.13. The Morgan fingerprint density at radius 2 is 2.04 bits per heavy atom. The monoisotopic (exact) mass is 397 g/mol. The summed E-state index contributed by atoms with van der Waals surface area (Å²) in [4.78, 5) is 13.2. The number of carbonyl (C=O) groups excluding carboxylic acids is 1. The van der Waals surface area contributed by atoms with Crippen LogP contribution in [0.2, 0.25) is 0 Å². The Bertz CT molecular complexity index is 961. The van der Waals surface area contributed by atoms with Crippen LogP contribution in [0.1, 0.15) is 11.3 Å². The number of aryl methyl sites for hydroxylation is 1. The molecule has 1 amide bonds. The zero-order chi connectivity index (χ0) is 19.9. The molecule has 0 aliphatic carbocycles. The predicted molar refractivity (Wildman–Crippen MR) is 112 cm³/mol. The van der Waals surface area contributed by atoms with Crippen molar-refractivity contribution in [3.8, 4) is 22.1 Å². The summed E-state index contributed by atoms with van der Waals surface area (Å²) in [6.07, 6.45) is 3.25. The van der Waals surface area contributed by atoms with Gasteiger partial charge in [-0.15, -0.1) is 11.3 Å². The maximum absolute atomic E-state index is 12.1. The van der Waals surface area contributed by atoms with Crippen LogP contribution in [0.25, 0.3) is 16.6 Å². The van der Waals surface area contributed by atoms with Crippen molar-refractivity contribution in [3.63, 3.8) is 0 Å². The average molecular weight is 398 g/mol. The molecule has 0 radical (unpaired) electrons. The molecule has 2 heterocycles. The van der Waals surface area contributed by atoms with Gasteiger partial charge in [-0.3, -0.25) is 9.48 Å². The van der Waals surface area contributed by atoms with Gasteiger partial charge in [-0.05, 0) is 48.2 Å². The fraction of sp³-hybridized carbons (Fsp3) is 0.238. The van der Waals surface area contributed by atoms with Crippen molar-refractivity contribution in [1.82, 2.24) is 15.1 Å². The third-order valence-electron chi connectivity index (χ3n) is 4.21. The van der Waals surface area contributed by atoms with Crippen LogP contribution in [-0.4, -0.2) is 36.5 Å². The molecule has 0 saturated heterocycles. The number of rotatable bonds is 8. The molecule has 1 N–H and O–H groups in total. The predicted octanol–water partition coefficient (Wildman–Crippen LogP) is 3.77. The molecule has 3 rings (SSSR count). The van der Waals surface area contributed by atoms with E-state index in [0.717, 1.165) is 21.8 Å². The van der Waals surface area contributed by atoms with E-state index in [9.17, 15) is 4.79 Å². The van der Waals surface area contributed by atoms with Gasteiger partial charge in [0, 0.05) is 18.3 Å². The van der Waals surface area contributed by atoms with Crippen molar-refractivity contribution in [2.75, 3.05) is 20.8 Å². The Balaban J connectivity index is 1.53. The van der Waals surface area contributed by atoms with Gasteiger partial charge in [-0.1, -0.05) is 12.1 Å². The summed E-state index contributed by atoms with van der Waals surface area (Å²) in [6.45, 7) is 3.14. The number of nitrogens with zero attached hydrogens (tertiary/aromatic N) is 2. The van der Waals surface area contributed by atoms with E-state index in [1.807, 2.05) is 41.3 Å². The molecule has 2 aromatic heterocycles. The van der Waals surface area contributed by atoms with E-state index in [0.29, 0.717) is 24.6 Å². The van der Waals surface area contributed by atoms with Crippen molar-refractivity contribution < 1.29 is 14.3 Å². The summed E-state index contributed by atoms with van der Waals surface area (Å²) >= 11 is 1.66. The van der Waals surface area contributed by atoms with Gasteiger partial charge in [-0.2, -0.15) is 5.10 Å². The molecule has 7 heteroatoms. The molecule has 0 aliphatic rings. The van der Waals surface area contributed by atoms with Crippen molar-refractivity contribution >= 4 is 23.3 Å². The van der Waals surface area contributed by atoms with E-state index in [4.69, 9.17) is 9.47 Å². The quantitative estimate of drug-likeness (QED) is 0.588. The molecular formula is C21H23N3O3S. The first-order valence-corrected chi connectivity index (χ1v) is 9.75. The van der Waals surface area contributed by atoms with Crippen LogP contribution in [-0.2, 0) is 11.3 Å². The molecule has 0 atom stereocenters. The van der Waals surface area contributed by atoms with Crippen molar-refractivity contribution in [1.29, 1.82) is 0 Å². The SMILES string of the molecule is COc1ccc(/C=C/C(=O)NCCn2nc(-c3cccs3)cc2C)cc1OC. The normalized spacial score (nSPS) is 11.0. The smallest absolute Gasteiger partial charge is 0.244 e. The Morgan fingerprint density at radius 1 is 1.21 bits per heavy atom. The Hall–Kier alpha value is -3.06. The van der Waals surface area contributed by atoms with E-state index in [1.54, 1.807) is 31.6 Å². The van der Waals surface area contributed by atoms with Gasteiger partial charge < -0.3 is 14.8 Å². The van der Waals surface area contributed by atoms with Crippen LogP contribution >= 0.6 is 11.3 Å². The van der Waals surface area contributed by atoms with Gasteiger partial charge in [0.2, 0.25) is 5.91 Å². The van der Waals surface area contributed by atoms with Gasteiger partial charge in [-0.25, -0.2) is 0 Å². The molecule has 0 spiro atoms. The molecule has 0 aliphatic heterocycles. The number of thiophene rings is 1. The van der Waals surface area contributed by atoms with E-state index in [1.165, 1.54) is 6.08 Å². The van der Waals surface area contributed by atoms with Crippen molar-refractivity contribution in [3.05, 3.63) is 59.1 Å². The number of hydrogen-bond donors (Lipinski definition) is 1. The highest BCUT2D eigenvalue weighted by atomic mass is 32.1. The number of ether oxygens (including phenoxy) is 2. The lowest BCUT2D eigenvalue weighted by atomic mass is 10.2. The van der Waals surface area contributed by atoms with Crippen LogP contribution in [0, 0.1) is 6.92 Å². The maximum Gasteiger partial charge on any atom is 0.244 e. The molecule has 146 valence electrons. The third kappa shape index (κ3) is 4.80. The zero-order valence-electron chi connectivity index (χ0n) is 16.1. The number of aromatic nitrogens is 2. The molecule has 28 heavy (non-hydrogen) atoms.